The number of rotatable bonds is 23. The maximum atomic E-state index is 15.3. The number of hydrazine groups is 2. The first-order valence-electron chi connectivity index (χ1n) is 24.5. The lowest BCUT2D eigenvalue weighted by Crippen LogP contribution is -2.71. The van der Waals surface area contributed by atoms with Crippen molar-refractivity contribution in [3.05, 3.63) is 0 Å². The average molecular weight is 817 g/mol. The fourth-order valence-electron chi connectivity index (χ4n) is 11.4. The van der Waals surface area contributed by atoms with Crippen molar-refractivity contribution in [3.8, 4) is 0 Å². The van der Waals surface area contributed by atoms with E-state index in [-0.39, 0.29) is 46.1 Å². The average Bonchev–Trinajstić information content (AvgIpc) is 3.15. The van der Waals surface area contributed by atoms with E-state index in [1.54, 1.807) is 0 Å². The van der Waals surface area contributed by atoms with Crippen LogP contribution in [0.2, 0.25) is 0 Å². The molecular weight excluding hydrogens is 725 g/mol. The lowest BCUT2D eigenvalue weighted by molar-refractivity contribution is -0.332. The summed E-state index contributed by atoms with van der Waals surface area (Å²) in [7, 11) is 0. The van der Waals surface area contributed by atoms with Crippen molar-refractivity contribution in [2.75, 3.05) is 13.1 Å². The maximum Gasteiger partial charge on any atom is 0.251 e. The zero-order valence-corrected chi connectivity index (χ0v) is 39.6. The number of hydrogen-bond acceptors (Lipinski definition) is 8. The van der Waals surface area contributed by atoms with Crippen LogP contribution in [-0.4, -0.2) is 96.6 Å². The highest BCUT2D eigenvalue weighted by Crippen LogP contribution is 2.45. The second-order valence-corrected chi connectivity index (χ2v) is 21.5. The van der Waals surface area contributed by atoms with Crippen LogP contribution < -0.4 is 5.73 Å². The van der Waals surface area contributed by atoms with Gasteiger partial charge in [0.05, 0.1) is 12.2 Å². The number of hydrogen-bond donors (Lipinski definition) is 1. The van der Waals surface area contributed by atoms with Crippen LogP contribution in [0, 0.1) is 0 Å². The maximum absolute atomic E-state index is 15.3. The summed E-state index contributed by atoms with van der Waals surface area (Å²) in [4.78, 5) is 40.5. The van der Waals surface area contributed by atoms with Crippen LogP contribution >= 0.6 is 0 Å². The summed E-state index contributed by atoms with van der Waals surface area (Å²) in [5.41, 5.74) is 4.59. The Hall–Kier alpha value is -1.30. The number of carbonyl (C=O) groups excluding carboxylic acids is 2. The van der Waals surface area contributed by atoms with E-state index in [0.717, 1.165) is 129 Å². The molecule has 10 heteroatoms. The Bertz CT molecular complexity index is 1120. The van der Waals surface area contributed by atoms with Crippen molar-refractivity contribution in [1.29, 1.82) is 0 Å². The summed E-state index contributed by atoms with van der Waals surface area (Å²) in [5.74, 6) is 0.0308. The summed E-state index contributed by atoms with van der Waals surface area (Å²) in [6, 6.07) is 0.383. The molecule has 2 heterocycles. The van der Waals surface area contributed by atoms with Gasteiger partial charge in [-0.15, -0.1) is 0 Å². The highest BCUT2D eigenvalue weighted by Gasteiger charge is 2.53. The fourth-order valence-corrected chi connectivity index (χ4v) is 11.4. The number of nitrogens with two attached hydrogens (primary N) is 1. The van der Waals surface area contributed by atoms with Crippen molar-refractivity contribution in [2.24, 2.45) is 5.73 Å². The van der Waals surface area contributed by atoms with Crippen LogP contribution in [0.25, 0.3) is 0 Å². The number of unbranched alkanes of at least 4 members (excludes halogenated alkanes) is 7. The van der Waals surface area contributed by atoms with Crippen LogP contribution in [0.1, 0.15) is 236 Å². The van der Waals surface area contributed by atoms with E-state index in [9.17, 15) is 4.79 Å². The van der Waals surface area contributed by atoms with E-state index in [1.165, 1.54) is 38.5 Å². The van der Waals surface area contributed by atoms with Crippen molar-refractivity contribution < 1.29 is 19.3 Å². The smallest absolute Gasteiger partial charge is 0.251 e. The monoisotopic (exact) mass is 817 g/mol. The van der Waals surface area contributed by atoms with Crippen LogP contribution in [0.5, 0.6) is 0 Å². The Labute approximate surface area is 356 Å². The minimum Gasteiger partial charge on any atom is -0.370 e. The third-order valence-corrected chi connectivity index (χ3v) is 13.9. The summed E-state index contributed by atoms with van der Waals surface area (Å²) in [6.45, 7) is 25.3. The third-order valence-electron chi connectivity index (χ3n) is 13.9. The fraction of sp³-hybridized carbons (Fsp3) is 0.958. The molecular formula is C48H92N6O4. The lowest BCUT2D eigenvalue weighted by Gasteiger charge is -2.60. The van der Waals surface area contributed by atoms with Crippen molar-refractivity contribution in [2.45, 2.75) is 283 Å². The molecule has 2 N–H and O–H groups in total. The van der Waals surface area contributed by atoms with Gasteiger partial charge in [-0.2, -0.15) is 10.1 Å². The zero-order valence-electron chi connectivity index (χ0n) is 39.6. The van der Waals surface area contributed by atoms with Crippen LogP contribution in [-0.2, 0) is 19.3 Å². The molecule has 2 aliphatic carbocycles. The van der Waals surface area contributed by atoms with Gasteiger partial charge < -0.3 is 5.73 Å². The molecule has 4 rings (SSSR count). The lowest BCUT2D eigenvalue weighted by atomic mass is 9.78. The molecule has 0 bridgehead atoms. The van der Waals surface area contributed by atoms with Gasteiger partial charge in [0.15, 0.2) is 0 Å². The van der Waals surface area contributed by atoms with Gasteiger partial charge >= 0.3 is 0 Å². The van der Waals surface area contributed by atoms with Gasteiger partial charge in [0, 0.05) is 60.2 Å². The predicted molar refractivity (Wildman–Crippen MR) is 238 cm³/mol. The molecule has 0 aromatic heterocycles. The van der Waals surface area contributed by atoms with Crippen LogP contribution in [0.3, 0.4) is 0 Å². The Kier molecular flexibility index (Phi) is 19.3. The van der Waals surface area contributed by atoms with E-state index in [2.05, 4.69) is 94.5 Å². The molecule has 2 aliphatic heterocycles. The topological polar surface area (TPSA) is 94.8 Å². The normalized spacial score (nSPS) is 23.8. The first kappa shape index (κ1) is 49.4. The molecule has 0 spiro atoms. The molecule has 0 radical (unpaired) electrons. The minimum absolute atomic E-state index is 0.192. The van der Waals surface area contributed by atoms with E-state index >= 15 is 4.79 Å². The molecule has 2 saturated heterocycles. The second kappa shape index (κ2) is 22.7. The Morgan fingerprint density at radius 2 is 0.879 bits per heavy atom. The minimum atomic E-state index is -0.214. The Morgan fingerprint density at radius 1 is 0.534 bits per heavy atom. The van der Waals surface area contributed by atoms with Gasteiger partial charge in [0.25, 0.3) is 5.91 Å². The molecule has 0 unspecified atom stereocenters. The predicted octanol–water partition coefficient (Wildman–Crippen LogP) is 11.0. The first-order chi connectivity index (χ1) is 27.4. The molecule has 0 aromatic rings. The Morgan fingerprint density at radius 3 is 1.22 bits per heavy atom. The van der Waals surface area contributed by atoms with E-state index in [1.807, 2.05) is 0 Å². The standard InChI is InChI=1S/C48H92N6O4/c1-11-13-33-50(39-35-45(3,4)53(46(5,6)36-39)57-41-27-21-19-22-28-41)52(44(56)32-26-18-16-15-17-25-31-43(49)55)51(34-14-12-2)40-37-47(7,8)54(48(9,10)38-40)58-42-29-23-20-24-30-42/h39-42H,11-38H2,1-10H3,(H2,49,55). The Balaban J connectivity index is 1.66. The third kappa shape index (κ3) is 14.1. The summed E-state index contributed by atoms with van der Waals surface area (Å²) in [6.07, 6.45) is 27.8. The van der Waals surface area contributed by atoms with Crippen molar-refractivity contribution in [1.82, 2.24) is 25.3 Å². The number of nitrogens with zero attached hydrogens (tertiary/aromatic N) is 5. The summed E-state index contributed by atoms with van der Waals surface area (Å²) in [5, 5.41) is 12.1. The van der Waals surface area contributed by atoms with Crippen molar-refractivity contribution in [3.63, 3.8) is 0 Å². The molecule has 0 aromatic carbocycles. The summed E-state index contributed by atoms with van der Waals surface area (Å²) < 4.78 is 0. The van der Waals surface area contributed by atoms with Crippen molar-refractivity contribution >= 4 is 11.8 Å². The SMILES string of the molecule is CCCCN(C1CC(C)(C)N(OC2CCCCC2)C(C)(C)C1)N(C(=O)CCCCCCCCC(N)=O)N(CCCC)C1CC(C)(C)N(OC2CCCCC2)C(C)(C)C1. The highest BCUT2D eigenvalue weighted by molar-refractivity contribution is 5.75. The number of carbonyl (C=O) groups is 2. The largest absolute Gasteiger partial charge is 0.370 e. The molecule has 2 amide bonds. The van der Waals surface area contributed by atoms with E-state index < -0.39 is 0 Å². The number of amides is 2. The van der Waals surface area contributed by atoms with Gasteiger partial charge in [-0.25, -0.2) is 15.1 Å². The van der Waals surface area contributed by atoms with E-state index in [4.69, 9.17) is 15.4 Å². The number of primary amides is 1. The summed E-state index contributed by atoms with van der Waals surface area (Å²) >= 11 is 0. The molecule has 0 atom stereocenters. The van der Waals surface area contributed by atoms with E-state index in [0.29, 0.717) is 25.0 Å². The molecule has 58 heavy (non-hydrogen) atoms. The van der Waals surface area contributed by atoms with Gasteiger partial charge in [-0.3, -0.25) is 19.3 Å². The number of piperidine rings is 2. The molecule has 2 saturated carbocycles. The molecule has 10 nitrogen and oxygen atoms in total. The number of hydroxylamine groups is 4. The zero-order chi connectivity index (χ0) is 42.6. The molecule has 338 valence electrons. The molecule has 4 fully saturated rings. The van der Waals surface area contributed by atoms with Crippen LogP contribution in [0.4, 0.5) is 0 Å². The quantitative estimate of drug-likeness (QED) is 0.0805. The van der Waals surface area contributed by atoms with Gasteiger partial charge in [-0.05, 0) is 132 Å². The van der Waals surface area contributed by atoms with Gasteiger partial charge in [0.2, 0.25) is 5.91 Å². The van der Waals surface area contributed by atoms with Crippen LogP contribution in [0.15, 0.2) is 0 Å². The highest BCUT2D eigenvalue weighted by atomic mass is 16.7. The second-order valence-electron chi connectivity index (χ2n) is 21.5. The van der Waals surface area contributed by atoms with Gasteiger partial charge in [0.1, 0.15) is 0 Å². The molecule has 4 aliphatic rings. The van der Waals surface area contributed by atoms with Gasteiger partial charge in [-0.1, -0.05) is 90.9 Å². The first-order valence-corrected chi connectivity index (χ1v) is 24.5.